The van der Waals surface area contributed by atoms with Gasteiger partial charge in [0, 0.05) is 11.3 Å². The maximum atomic E-state index is 12.4. The summed E-state index contributed by atoms with van der Waals surface area (Å²) < 4.78 is 37.1. The van der Waals surface area contributed by atoms with Crippen LogP contribution in [0.25, 0.3) is 11.3 Å². The van der Waals surface area contributed by atoms with Gasteiger partial charge in [0.1, 0.15) is 0 Å². The molecule has 17 heavy (non-hydrogen) atoms. The van der Waals surface area contributed by atoms with Crippen molar-refractivity contribution in [1.29, 1.82) is 0 Å². The van der Waals surface area contributed by atoms with Crippen molar-refractivity contribution >= 4 is 0 Å². The topological polar surface area (TPSA) is 12.9 Å². The van der Waals surface area contributed by atoms with Gasteiger partial charge in [-0.1, -0.05) is 18.2 Å². The number of benzene rings is 1. The standard InChI is InChI=1S/C13H10F3N/c1-9-3-2-4-12(17-9)10-5-7-11(8-6-10)13(14,15)16/h2-8H,1H3. The number of rotatable bonds is 1. The van der Waals surface area contributed by atoms with E-state index < -0.39 is 11.7 Å². The van der Waals surface area contributed by atoms with Crippen molar-refractivity contribution in [3.8, 4) is 11.3 Å². The quantitative estimate of drug-likeness (QED) is 0.728. The van der Waals surface area contributed by atoms with E-state index in [-0.39, 0.29) is 0 Å². The van der Waals surface area contributed by atoms with Gasteiger partial charge < -0.3 is 0 Å². The lowest BCUT2D eigenvalue weighted by molar-refractivity contribution is -0.137. The Bertz CT molecular complexity index is 515. The normalized spacial score (nSPS) is 11.5. The molecule has 0 amide bonds. The molecule has 1 heterocycles. The minimum absolute atomic E-state index is 0.645. The molecule has 0 atom stereocenters. The van der Waals surface area contributed by atoms with Gasteiger partial charge in [-0.05, 0) is 31.2 Å². The van der Waals surface area contributed by atoms with Crippen LogP contribution in [0.3, 0.4) is 0 Å². The smallest absolute Gasteiger partial charge is 0.253 e. The summed E-state index contributed by atoms with van der Waals surface area (Å²) in [6.07, 6.45) is -4.29. The van der Waals surface area contributed by atoms with Crippen molar-refractivity contribution in [1.82, 2.24) is 4.98 Å². The molecular weight excluding hydrogens is 227 g/mol. The van der Waals surface area contributed by atoms with Crippen LogP contribution in [-0.2, 0) is 6.18 Å². The summed E-state index contributed by atoms with van der Waals surface area (Å²) >= 11 is 0. The summed E-state index contributed by atoms with van der Waals surface area (Å²) in [5.74, 6) is 0. The third-order valence-corrected chi connectivity index (χ3v) is 2.40. The van der Waals surface area contributed by atoms with Gasteiger partial charge in [-0.2, -0.15) is 13.2 Å². The molecule has 0 aliphatic carbocycles. The third kappa shape index (κ3) is 2.64. The fraction of sp³-hybridized carbons (Fsp3) is 0.154. The van der Waals surface area contributed by atoms with E-state index >= 15 is 0 Å². The highest BCUT2D eigenvalue weighted by molar-refractivity contribution is 5.59. The van der Waals surface area contributed by atoms with E-state index in [4.69, 9.17) is 0 Å². The highest BCUT2D eigenvalue weighted by Crippen LogP contribution is 2.30. The summed E-state index contributed by atoms with van der Waals surface area (Å²) in [6, 6.07) is 10.5. The number of halogens is 3. The van der Waals surface area contributed by atoms with Crippen molar-refractivity contribution < 1.29 is 13.2 Å². The van der Waals surface area contributed by atoms with Crippen LogP contribution in [0, 0.1) is 6.92 Å². The average Bonchev–Trinajstić information content (AvgIpc) is 2.28. The Kier molecular flexibility index (Phi) is 2.88. The lowest BCUT2D eigenvalue weighted by Gasteiger charge is -2.07. The largest absolute Gasteiger partial charge is 0.416 e. The van der Waals surface area contributed by atoms with Gasteiger partial charge in [-0.3, -0.25) is 4.98 Å². The van der Waals surface area contributed by atoms with E-state index in [0.717, 1.165) is 17.8 Å². The molecule has 1 aromatic heterocycles. The second-order valence-corrected chi connectivity index (χ2v) is 3.74. The van der Waals surface area contributed by atoms with Crippen molar-refractivity contribution in [3.63, 3.8) is 0 Å². The van der Waals surface area contributed by atoms with Crippen LogP contribution in [0.15, 0.2) is 42.5 Å². The van der Waals surface area contributed by atoms with Crippen LogP contribution >= 0.6 is 0 Å². The zero-order valence-corrected chi connectivity index (χ0v) is 9.12. The molecule has 88 valence electrons. The zero-order valence-electron chi connectivity index (χ0n) is 9.12. The molecule has 0 spiro atoms. The molecule has 0 aliphatic heterocycles. The lowest BCUT2D eigenvalue weighted by Crippen LogP contribution is -2.04. The van der Waals surface area contributed by atoms with Crippen LogP contribution in [0.1, 0.15) is 11.3 Å². The van der Waals surface area contributed by atoms with Gasteiger partial charge >= 0.3 is 6.18 Å². The first-order chi connectivity index (χ1) is 7.97. The molecule has 4 heteroatoms. The van der Waals surface area contributed by atoms with Crippen LogP contribution < -0.4 is 0 Å². The SMILES string of the molecule is Cc1cccc(-c2ccc(C(F)(F)F)cc2)n1. The molecule has 0 fully saturated rings. The number of hydrogen-bond acceptors (Lipinski definition) is 1. The van der Waals surface area contributed by atoms with Crippen LogP contribution in [0.2, 0.25) is 0 Å². The molecule has 2 rings (SSSR count). The van der Waals surface area contributed by atoms with Crippen molar-refractivity contribution in [2.45, 2.75) is 13.1 Å². The van der Waals surface area contributed by atoms with Gasteiger partial charge in [0.2, 0.25) is 0 Å². The minimum atomic E-state index is -4.29. The zero-order chi connectivity index (χ0) is 12.5. The molecule has 1 nitrogen and oxygen atoms in total. The van der Waals surface area contributed by atoms with Gasteiger partial charge in [0.15, 0.2) is 0 Å². The van der Waals surface area contributed by atoms with Gasteiger partial charge in [-0.25, -0.2) is 0 Å². The Morgan fingerprint density at radius 2 is 1.59 bits per heavy atom. The molecule has 2 aromatic rings. The van der Waals surface area contributed by atoms with Crippen LogP contribution in [0.4, 0.5) is 13.2 Å². The molecule has 0 radical (unpaired) electrons. The lowest BCUT2D eigenvalue weighted by atomic mass is 10.1. The number of aromatic nitrogens is 1. The number of alkyl halides is 3. The van der Waals surface area contributed by atoms with Crippen molar-refractivity contribution in [3.05, 3.63) is 53.7 Å². The van der Waals surface area contributed by atoms with E-state index in [1.54, 1.807) is 6.07 Å². The summed E-state index contributed by atoms with van der Waals surface area (Å²) in [5.41, 5.74) is 1.55. The maximum absolute atomic E-state index is 12.4. The monoisotopic (exact) mass is 237 g/mol. The summed E-state index contributed by atoms with van der Waals surface area (Å²) in [7, 11) is 0. The molecule has 0 bridgehead atoms. The van der Waals surface area contributed by atoms with E-state index in [1.807, 2.05) is 19.1 Å². The van der Waals surface area contributed by atoms with Gasteiger partial charge in [-0.15, -0.1) is 0 Å². The van der Waals surface area contributed by atoms with E-state index in [1.165, 1.54) is 12.1 Å². The van der Waals surface area contributed by atoms with Crippen molar-refractivity contribution in [2.24, 2.45) is 0 Å². The third-order valence-electron chi connectivity index (χ3n) is 2.40. The Labute approximate surface area is 96.9 Å². The Hall–Kier alpha value is -1.84. The summed E-state index contributed by atoms with van der Waals surface area (Å²) in [5, 5.41) is 0. The molecule has 0 saturated carbocycles. The molecule has 0 saturated heterocycles. The average molecular weight is 237 g/mol. The number of pyridine rings is 1. The fourth-order valence-electron chi connectivity index (χ4n) is 1.53. The Balaban J connectivity index is 2.36. The molecule has 0 aliphatic rings. The first kappa shape index (κ1) is 11.6. The Morgan fingerprint density at radius 3 is 2.12 bits per heavy atom. The second-order valence-electron chi connectivity index (χ2n) is 3.74. The fourth-order valence-corrected chi connectivity index (χ4v) is 1.53. The first-order valence-electron chi connectivity index (χ1n) is 5.08. The summed E-state index contributed by atoms with van der Waals surface area (Å²) in [4.78, 5) is 4.25. The summed E-state index contributed by atoms with van der Waals surface area (Å²) in [6.45, 7) is 1.84. The highest BCUT2D eigenvalue weighted by atomic mass is 19.4. The molecule has 1 aromatic carbocycles. The molecule has 0 N–H and O–H groups in total. The highest BCUT2D eigenvalue weighted by Gasteiger charge is 2.29. The number of hydrogen-bond donors (Lipinski definition) is 0. The maximum Gasteiger partial charge on any atom is 0.416 e. The van der Waals surface area contributed by atoms with Crippen LogP contribution in [-0.4, -0.2) is 4.98 Å². The van der Waals surface area contributed by atoms with Crippen LogP contribution in [0.5, 0.6) is 0 Å². The predicted molar refractivity (Wildman–Crippen MR) is 59.4 cm³/mol. The first-order valence-corrected chi connectivity index (χ1v) is 5.08. The van der Waals surface area contributed by atoms with Crippen molar-refractivity contribution in [2.75, 3.05) is 0 Å². The number of aryl methyl sites for hydroxylation is 1. The van der Waals surface area contributed by atoms with E-state index in [0.29, 0.717) is 11.3 Å². The van der Waals surface area contributed by atoms with E-state index in [9.17, 15) is 13.2 Å². The molecule has 0 unspecified atom stereocenters. The Morgan fingerprint density at radius 1 is 0.941 bits per heavy atom. The number of nitrogens with zero attached hydrogens (tertiary/aromatic N) is 1. The van der Waals surface area contributed by atoms with Gasteiger partial charge in [0.05, 0.1) is 11.3 Å². The predicted octanol–water partition coefficient (Wildman–Crippen LogP) is 4.08. The molecular formula is C13H10F3N. The minimum Gasteiger partial charge on any atom is -0.253 e. The second kappa shape index (κ2) is 4.20. The van der Waals surface area contributed by atoms with Gasteiger partial charge in [0.25, 0.3) is 0 Å². The van der Waals surface area contributed by atoms with E-state index in [2.05, 4.69) is 4.98 Å².